The zero-order valence-corrected chi connectivity index (χ0v) is 14.3. The number of carbonyl (C=O) groups is 1. The SMILES string of the molecule is O=C(Cc1ccc(F)c(Br)c1)NCc1ccc(-n2cccn2)cc1. The molecule has 0 aliphatic carbocycles. The molecule has 0 saturated heterocycles. The lowest BCUT2D eigenvalue weighted by Gasteiger charge is -2.07. The minimum Gasteiger partial charge on any atom is -0.352 e. The summed E-state index contributed by atoms with van der Waals surface area (Å²) in [6.07, 6.45) is 3.81. The second kappa shape index (κ2) is 7.40. The van der Waals surface area contributed by atoms with Crippen LogP contribution in [0.5, 0.6) is 0 Å². The number of benzene rings is 2. The molecule has 2 aromatic carbocycles. The van der Waals surface area contributed by atoms with Crippen LogP contribution in [0.2, 0.25) is 0 Å². The molecule has 0 fully saturated rings. The Hall–Kier alpha value is -2.47. The maximum Gasteiger partial charge on any atom is 0.224 e. The van der Waals surface area contributed by atoms with E-state index in [1.165, 1.54) is 6.07 Å². The zero-order chi connectivity index (χ0) is 16.9. The van der Waals surface area contributed by atoms with Crippen molar-refractivity contribution in [3.05, 3.63) is 82.3 Å². The van der Waals surface area contributed by atoms with Crippen molar-refractivity contribution < 1.29 is 9.18 Å². The fourth-order valence-corrected chi connectivity index (χ4v) is 2.71. The monoisotopic (exact) mass is 387 g/mol. The van der Waals surface area contributed by atoms with Crippen LogP contribution in [0.4, 0.5) is 4.39 Å². The van der Waals surface area contributed by atoms with Gasteiger partial charge in [-0.1, -0.05) is 18.2 Å². The van der Waals surface area contributed by atoms with Crippen LogP contribution in [-0.2, 0) is 17.8 Å². The predicted molar refractivity (Wildman–Crippen MR) is 93.2 cm³/mol. The largest absolute Gasteiger partial charge is 0.352 e. The first-order chi connectivity index (χ1) is 11.6. The lowest BCUT2D eigenvalue weighted by atomic mass is 10.1. The highest BCUT2D eigenvalue weighted by Crippen LogP contribution is 2.17. The van der Waals surface area contributed by atoms with Gasteiger partial charge in [-0.15, -0.1) is 0 Å². The molecular weight excluding hydrogens is 373 g/mol. The Bertz CT molecular complexity index is 832. The molecule has 1 N–H and O–H groups in total. The zero-order valence-electron chi connectivity index (χ0n) is 12.7. The van der Waals surface area contributed by atoms with Crippen molar-refractivity contribution in [2.24, 2.45) is 0 Å². The van der Waals surface area contributed by atoms with E-state index in [9.17, 15) is 9.18 Å². The Morgan fingerprint density at radius 3 is 2.58 bits per heavy atom. The first-order valence-electron chi connectivity index (χ1n) is 7.41. The molecule has 0 radical (unpaired) electrons. The number of halogens is 2. The van der Waals surface area contributed by atoms with Gasteiger partial charge >= 0.3 is 0 Å². The van der Waals surface area contributed by atoms with Crippen LogP contribution in [0.1, 0.15) is 11.1 Å². The molecule has 0 aliphatic heterocycles. The van der Waals surface area contributed by atoms with Crippen molar-refractivity contribution in [2.75, 3.05) is 0 Å². The molecular formula is C18H15BrFN3O. The fourth-order valence-electron chi connectivity index (χ4n) is 2.29. The topological polar surface area (TPSA) is 46.9 Å². The highest BCUT2D eigenvalue weighted by molar-refractivity contribution is 9.10. The van der Waals surface area contributed by atoms with Crippen molar-refractivity contribution >= 4 is 21.8 Å². The van der Waals surface area contributed by atoms with Crippen LogP contribution in [0.3, 0.4) is 0 Å². The van der Waals surface area contributed by atoms with E-state index in [4.69, 9.17) is 0 Å². The summed E-state index contributed by atoms with van der Waals surface area (Å²) in [6, 6.07) is 14.2. The third kappa shape index (κ3) is 4.08. The summed E-state index contributed by atoms with van der Waals surface area (Å²) in [7, 11) is 0. The number of hydrogen-bond acceptors (Lipinski definition) is 2. The standard InChI is InChI=1S/C18H15BrFN3O/c19-16-10-14(4-7-17(16)20)11-18(24)21-12-13-2-5-15(6-3-13)23-9-1-8-22-23/h1-10H,11-12H2,(H,21,24). The number of carbonyl (C=O) groups excluding carboxylic acids is 1. The van der Waals surface area contributed by atoms with Crippen LogP contribution >= 0.6 is 15.9 Å². The van der Waals surface area contributed by atoms with Crippen LogP contribution in [-0.4, -0.2) is 15.7 Å². The lowest BCUT2D eigenvalue weighted by molar-refractivity contribution is -0.120. The average molecular weight is 388 g/mol. The minimum atomic E-state index is -0.337. The molecule has 24 heavy (non-hydrogen) atoms. The maximum atomic E-state index is 13.2. The molecule has 4 nitrogen and oxygen atoms in total. The average Bonchev–Trinajstić information content (AvgIpc) is 3.11. The van der Waals surface area contributed by atoms with E-state index in [-0.39, 0.29) is 18.1 Å². The van der Waals surface area contributed by atoms with Gasteiger partial charge in [0.25, 0.3) is 0 Å². The summed E-state index contributed by atoms with van der Waals surface area (Å²) in [5.74, 6) is -0.443. The Labute approximate surface area is 147 Å². The Morgan fingerprint density at radius 1 is 1.17 bits per heavy atom. The first-order valence-corrected chi connectivity index (χ1v) is 8.21. The molecule has 3 aromatic rings. The van der Waals surface area contributed by atoms with Gasteiger partial charge in [0.1, 0.15) is 5.82 Å². The molecule has 0 unspecified atom stereocenters. The quantitative estimate of drug-likeness (QED) is 0.726. The molecule has 1 amide bonds. The van der Waals surface area contributed by atoms with Crippen molar-refractivity contribution in [1.29, 1.82) is 0 Å². The second-order valence-corrected chi connectivity index (χ2v) is 6.17. The summed E-state index contributed by atoms with van der Waals surface area (Å²) in [5.41, 5.74) is 2.72. The van der Waals surface area contributed by atoms with E-state index in [0.29, 0.717) is 11.0 Å². The molecule has 0 bridgehead atoms. The van der Waals surface area contributed by atoms with Gasteiger partial charge in [0.05, 0.1) is 16.6 Å². The maximum absolute atomic E-state index is 13.2. The molecule has 0 atom stereocenters. The third-order valence-corrected chi connectivity index (χ3v) is 4.15. The normalized spacial score (nSPS) is 10.6. The summed E-state index contributed by atoms with van der Waals surface area (Å²) in [4.78, 5) is 12.0. The van der Waals surface area contributed by atoms with Gasteiger partial charge in [-0.05, 0) is 57.4 Å². The summed E-state index contributed by atoms with van der Waals surface area (Å²) in [6.45, 7) is 0.445. The molecule has 1 aromatic heterocycles. The highest BCUT2D eigenvalue weighted by atomic mass is 79.9. The van der Waals surface area contributed by atoms with Gasteiger partial charge in [-0.2, -0.15) is 5.10 Å². The fraction of sp³-hybridized carbons (Fsp3) is 0.111. The van der Waals surface area contributed by atoms with Crippen LogP contribution in [0.25, 0.3) is 5.69 Å². The van der Waals surface area contributed by atoms with Gasteiger partial charge in [0.2, 0.25) is 5.91 Å². The Balaban J connectivity index is 1.55. The van der Waals surface area contributed by atoms with Crippen molar-refractivity contribution in [1.82, 2.24) is 15.1 Å². The molecule has 0 aliphatic rings. The number of hydrogen-bond donors (Lipinski definition) is 1. The number of nitrogens with one attached hydrogen (secondary N) is 1. The third-order valence-electron chi connectivity index (χ3n) is 3.54. The highest BCUT2D eigenvalue weighted by Gasteiger charge is 2.06. The molecule has 6 heteroatoms. The van der Waals surface area contributed by atoms with Crippen LogP contribution in [0, 0.1) is 5.82 Å². The van der Waals surface area contributed by atoms with Gasteiger partial charge in [0, 0.05) is 18.9 Å². The predicted octanol–water partition coefficient (Wildman–Crippen LogP) is 3.63. The summed E-state index contributed by atoms with van der Waals surface area (Å²) in [5, 5.41) is 7.03. The molecule has 0 saturated carbocycles. The van der Waals surface area contributed by atoms with Gasteiger partial charge in [0.15, 0.2) is 0 Å². The van der Waals surface area contributed by atoms with Gasteiger partial charge in [-0.25, -0.2) is 9.07 Å². The van der Waals surface area contributed by atoms with Crippen LogP contribution in [0.15, 0.2) is 65.4 Å². The van der Waals surface area contributed by atoms with E-state index in [0.717, 1.165) is 16.8 Å². The van der Waals surface area contributed by atoms with E-state index in [1.807, 2.05) is 36.5 Å². The second-order valence-electron chi connectivity index (χ2n) is 5.32. The first kappa shape index (κ1) is 16.4. The smallest absolute Gasteiger partial charge is 0.224 e. The van der Waals surface area contributed by atoms with Crippen molar-refractivity contribution in [3.63, 3.8) is 0 Å². The van der Waals surface area contributed by atoms with E-state index >= 15 is 0 Å². The van der Waals surface area contributed by atoms with Gasteiger partial charge in [-0.3, -0.25) is 4.79 Å². The molecule has 122 valence electrons. The molecule has 1 heterocycles. The van der Waals surface area contributed by atoms with E-state index in [1.54, 1.807) is 23.0 Å². The summed E-state index contributed by atoms with van der Waals surface area (Å²) < 4.78 is 15.3. The minimum absolute atomic E-state index is 0.107. The van der Waals surface area contributed by atoms with Crippen molar-refractivity contribution in [2.45, 2.75) is 13.0 Å². The number of nitrogens with zero attached hydrogens (tertiary/aromatic N) is 2. The Kier molecular flexibility index (Phi) is 5.05. The van der Waals surface area contributed by atoms with Crippen LogP contribution < -0.4 is 5.32 Å². The Morgan fingerprint density at radius 2 is 1.92 bits per heavy atom. The number of rotatable bonds is 5. The number of aromatic nitrogens is 2. The van der Waals surface area contributed by atoms with Crippen molar-refractivity contribution in [3.8, 4) is 5.69 Å². The van der Waals surface area contributed by atoms with E-state index in [2.05, 4.69) is 26.3 Å². The van der Waals surface area contributed by atoms with Gasteiger partial charge < -0.3 is 5.32 Å². The lowest BCUT2D eigenvalue weighted by Crippen LogP contribution is -2.24. The van der Waals surface area contributed by atoms with E-state index < -0.39 is 0 Å². The number of amides is 1. The summed E-state index contributed by atoms with van der Waals surface area (Å²) >= 11 is 3.12. The molecule has 3 rings (SSSR count). The molecule has 0 spiro atoms.